The number of carbonyl (C=O) groups excluding carboxylic acids is 3. The SMILES string of the molecule is CN1C(=O)C(=C2/C(=C/C=C3/N(C)c4ccc(SOO[O-])cc4C3(C)C)CC/C2=C\C=C2\N(C)c3ccc(S(=O)(=O)[O-])cc3C2(C)C)C(=O)N(C)C1=O.[K+].[K+]. The minimum atomic E-state index is -4.66. The second-order valence-corrected chi connectivity index (χ2v) is 16.3. The number of carbonyl (C=O) groups is 3. The van der Waals surface area contributed by atoms with Gasteiger partial charge < -0.3 is 19.6 Å². The van der Waals surface area contributed by atoms with Crippen LogP contribution in [0.1, 0.15) is 51.7 Å². The number of amides is 4. The van der Waals surface area contributed by atoms with Crippen molar-refractivity contribution in [3.8, 4) is 0 Å². The van der Waals surface area contributed by atoms with E-state index in [0.717, 1.165) is 61.3 Å². The molecule has 3 aliphatic heterocycles. The van der Waals surface area contributed by atoms with Crippen LogP contribution in [0.25, 0.3) is 0 Å². The fraction of sp³-hybridized carbons (Fsp3) is 0.324. The van der Waals surface area contributed by atoms with Crippen LogP contribution in [0.3, 0.4) is 0 Å². The summed E-state index contributed by atoms with van der Waals surface area (Å²) >= 11 is 0.815. The maximum absolute atomic E-state index is 13.7. The number of nitrogens with zero attached hydrogens (tertiary/aromatic N) is 4. The Bertz CT molecular complexity index is 2180. The number of likely N-dealkylation sites (N-methyl/N-ethyl adjacent to an activating group) is 4. The Morgan fingerprint density at radius 3 is 1.63 bits per heavy atom. The van der Waals surface area contributed by atoms with Gasteiger partial charge in [-0.15, -0.1) is 0 Å². The molecule has 3 heterocycles. The molecule has 0 N–H and O–H groups in total. The second kappa shape index (κ2) is 16.9. The molecule has 4 amide bonds. The first-order chi connectivity index (χ1) is 24.3. The molecule has 13 nitrogen and oxygen atoms in total. The molecule has 0 bridgehead atoms. The van der Waals surface area contributed by atoms with Gasteiger partial charge in [-0.25, -0.2) is 13.2 Å². The predicted molar refractivity (Wildman–Crippen MR) is 191 cm³/mol. The van der Waals surface area contributed by atoms with E-state index >= 15 is 0 Å². The number of benzene rings is 2. The second-order valence-electron chi connectivity index (χ2n) is 14.1. The van der Waals surface area contributed by atoms with Gasteiger partial charge >= 0.3 is 109 Å². The van der Waals surface area contributed by atoms with E-state index in [-0.39, 0.29) is 113 Å². The Hall–Kier alpha value is -1.24. The number of urea groups is 1. The van der Waals surface area contributed by atoms with E-state index in [1.165, 1.54) is 26.2 Å². The van der Waals surface area contributed by atoms with Gasteiger partial charge in [-0.05, 0) is 89.2 Å². The van der Waals surface area contributed by atoms with Gasteiger partial charge in [0.25, 0.3) is 11.8 Å². The van der Waals surface area contributed by atoms with Crippen LogP contribution < -0.4 is 118 Å². The molecule has 1 aliphatic carbocycles. The van der Waals surface area contributed by atoms with Crippen molar-refractivity contribution in [3.63, 3.8) is 0 Å². The first kappa shape index (κ1) is 45.5. The summed E-state index contributed by atoms with van der Waals surface area (Å²) in [4.78, 5) is 46.3. The van der Waals surface area contributed by atoms with Crippen molar-refractivity contribution in [2.45, 2.75) is 61.2 Å². The molecule has 0 aromatic heterocycles. The molecule has 54 heavy (non-hydrogen) atoms. The van der Waals surface area contributed by atoms with Crippen molar-refractivity contribution in [1.29, 1.82) is 0 Å². The standard InChI is InChI=1S/C37H40N4O9S2.2K/c1-36(2)25-19-23(51-50-49-45)13-15-27(25)38(5)29(36)17-11-21-9-10-22(31(21)32-33(42)40(7)35(44)41(8)34(32)43)12-18-30-37(3,4)26-20-24(52(46,47)48)14-16-28(26)39(30)6;;/h11-20,45H,9-10H2,1-8H3,(H,46,47,48);;/q;2*+1/p-2/b21-11+,22-12+,29-17+,30-18+;;. The molecule has 2 fully saturated rings. The molecule has 2 aromatic rings. The number of hydrogen-bond donors (Lipinski definition) is 0. The summed E-state index contributed by atoms with van der Waals surface area (Å²) in [6.45, 7) is 8.00. The number of anilines is 2. The summed E-state index contributed by atoms with van der Waals surface area (Å²) < 4.78 is 40.0. The van der Waals surface area contributed by atoms with Crippen LogP contribution >= 0.6 is 12.0 Å². The summed E-state index contributed by atoms with van der Waals surface area (Å²) in [6, 6.07) is 9.29. The fourth-order valence-electron chi connectivity index (χ4n) is 7.67. The van der Waals surface area contributed by atoms with Crippen LogP contribution in [-0.4, -0.2) is 68.8 Å². The van der Waals surface area contributed by atoms with Crippen LogP contribution in [0.15, 0.2) is 104 Å². The Balaban J connectivity index is 0.00000325. The van der Waals surface area contributed by atoms with Gasteiger partial charge in [-0.3, -0.25) is 24.4 Å². The number of allylic oxidation sites excluding steroid dienone is 9. The zero-order chi connectivity index (χ0) is 38.1. The topological polar surface area (TPSA) is 163 Å². The Morgan fingerprint density at radius 1 is 0.704 bits per heavy atom. The molecule has 1 saturated heterocycles. The quantitative estimate of drug-likeness (QED) is 0.0649. The molecule has 17 heteroatoms. The molecule has 274 valence electrons. The zero-order valence-corrected chi connectivity index (χ0v) is 39.8. The van der Waals surface area contributed by atoms with E-state index in [9.17, 15) is 32.6 Å². The van der Waals surface area contributed by atoms with Crippen LogP contribution in [0, 0.1) is 0 Å². The number of rotatable bonds is 6. The third kappa shape index (κ3) is 7.95. The molecule has 2 aromatic carbocycles. The largest absolute Gasteiger partial charge is 1.00 e. The van der Waals surface area contributed by atoms with Gasteiger partial charge in [0.2, 0.25) is 0 Å². The average molecular weight is 825 g/mol. The minimum Gasteiger partial charge on any atom is -0.744 e. The van der Waals surface area contributed by atoms with E-state index in [0.29, 0.717) is 28.9 Å². The van der Waals surface area contributed by atoms with Gasteiger partial charge in [0.1, 0.15) is 15.7 Å². The first-order valence-corrected chi connectivity index (χ1v) is 18.5. The Kier molecular flexibility index (Phi) is 14.3. The molecule has 0 atom stereocenters. The zero-order valence-electron chi connectivity index (χ0n) is 32.0. The van der Waals surface area contributed by atoms with Crippen molar-refractivity contribution in [2.75, 3.05) is 38.0 Å². The van der Waals surface area contributed by atoms with Crippen molar-refractivity contribution in [2.24, 2.45) is 0 Å². The fourth-order valence-corrected chi connectivity index (χ4v) is 8.56. The smallest absolute Gasteiger partial charge is 0.744 e. The van der Waals surface area contributed by atoms with Gasteiger partial charge in [-0.2, -0.15) is 4.33 Å². The maximum Gasteiger partial charge on any atom is 1.00 e. The van der Waals surface area contributed by atoms with Crippen molar-refractivity contribution in [1.82, 2.24) is 9.80 Å². The molecule has 0 radical (unpaired) electrons. The van der Waals surface area contributed by atoms with Gasteiger partial charge in [0, 0.05) is 66.7 Å². The van der Waals surface area contributed by atoms with Gasteiger partial charge in [0.15, 0.2) is 0 Å². The summed E-state index contributed by atoms with van der Waals surface area (Å²) in [5.41, 5.74) is 5.78. The Morgan fingerprint density at radius 2 is 1.17 bits per heavy atom. The molecule has 4 aliphatic rings. The summed E-state index contributed by atoms with van der Waals surface area (Å²) in [5.74, 6) is -1.39. The van der Waals surface area contributed by atoms with E-state index in [1.807, 2.05) is 75.3 Å². The maximum atomic E-state index is 13.7. The van der Waals surface area contributed by atoms with Crippen LogP contribution in [0.2, 0.25) is 0 Å². The van der Waals surface area contributed by atoms with E-state index in [1.54, 1.807) is 6.07 Å². The van der Waals surface area contributed by atoms with Crippen molar-refractivity contribution >= 4 is 51.4 Å². The van der Waals surface area contributed by atoms with E-state index in [4.69, 9.17) is 0 Å². The molecule has 1 saturated carbocycles. The van der Waals surface area contributed by atoms with Crippen LogP contribution in [0.4, 0.5) is 16.2 Å². The summed E-state index contributed by atoms with van der Waals surface area (Å²) in [6.07, 6.45) is 8.66. The molecule has 0 spiro atoms. The Labute approximate surface area is 404 Å². The van der Waals surface area contributed by atoms with E-state index < -0.39 is 38.8 Å². The summed E-state index contributed by atoms with van der Waals surface area (Å²) in [5, 5.41) is 13.9. The van der Waals surface area contributed by atoms with Crippen LogP contribution in [-0.2, 0) is 39.9 Å². The summed E-state index contributed by atoms with van der Waals surface area (Å²) in [7, 11) is 1.82. The van der Waals surface area contributed by atoms with E-state index in [2.05, 4.69) is 28.1 Å². The number of fused-ring (bicyclic) bond motifs is 2. The normalized spacial score (nSPS) is 22.1. The number of imide groups is 2. The van der Waals surface area contributed by atoms with Crippen molar-refractivity contribution in [3.05, 3.63) is 106 Å². The monoisotopic (exact) mass is 824 g/mol. The molecule has 0 unspecified atom stereocenters. The van der Waals surface area contributed by atoms with Gasteiger partial charge in [-0.1, -0.05) is 39.8 Å². The molecular weight excluding hydrogens is 787 g/mol. The third-order valence-corrected chi connectivity index (χ3v) is 11.9. The minimum absolute atomic E-state index is 0. The average Bonchev–Trinajstić information content (AvgIpc) is 3.64. The van der Waals surface area contributed by atoms with Crippen LogP contribution in [0.5, 0.6) is 0 Å². The van der Waals surface area contributed by atoms with Crippen molar-refractivity contribution < 1.29 is 145 Å². The number of barbiturate groups is 1. The molecular formula is C37H38K2N4O9S2. The van der Waals surface area contributed by atoms with Gasteiger partial charge in [0.05, 0.1) is 16.9 Å². The number of hydrogen-bond acceptors (Lipinski definition) is 12. The predicted octanol–water partition coefficient (Wildman–Crippen LogP) is -1.25. The third-order valence-electron chi connectivity index (χ3n) is 10.5. The first-order valence-electron chi connectivity index (χ1n) is 16.4. The molecule has 6 rings (SSSR count).